The second-order valence-corrected chi connectivity index (χ2v) is 5.08. The van der Waals surface area contributed by atoms with Crippen LogP contribution in [-0.2, 0) is 4.79 Å². The first kappa shape index (κ1) is 13.3. The largest absolute Gasteiger partial charge is 0.386 e. The Kier molecular flexibility index (Phi) is 4.57. The van der Waals surface area contributed by atoms with E-state index in [1.54, 1.807) is 23.9 Å². The predicted octanol–water partition coefficient (Wildman–Crippen LogP) is 0.638. The molecule has 1 aliphatic rings. The second kappa shape index (κ2) is 6.17. The third kappa shape index (κ3) is 3.22. The van der Waals surface area contributed by atoms with Crippen LogP contribution in [0.4, 0.5) is 4.39 Å². The van der Waals surface area contributed by atoms with Crippen LogP contribution >= 0.6 is 11.8 Å². The Balaban J connectivity index is 1.86. The lowest BCUT2D eigenvalue weighted by molar-refractivity contribution is -0.122. The van der Waals surface area contributed by atoms with Gasteiger partial charge >= 0.3 is 0 Å². The van der Waals surface area contributed by atoms with E-state index in [1.165, 1.54) is 12.1 Å². The fourth-order valence-electron chi connectivity index (χ4n) is 1.74. The molecular weight excluding hydrogens is 255 g/mol. The molecule has 0 spiro atoms. The number of carbonyl (C=O) groups excluding carboxylic acids is 1. The van der Waals surface area contributed by atoms with Crippen LogP contribution < -0.4 is 10.6 Å². The van der Waals surface area contributed by atoms with Crippen LogP contribution in [0.1, 0.15) is 11.7 Å². The molecule has 0 radical (unpaired) electrons. The minimum atomic E-state index is -1.02. The first-order valence-corrected chi connectivity index (χ1v) is 6.85. The number of thioether (sulfide) groups is 1. The molecule has 2 rings (SSSR count). The van der Waals surface area contributed by atoms with Gasteiger partial charge < -0.3 is 10.4 Å². The van der Waals surface area contributed by atoms with Crippen molar-refractivity contribution in [2.75, 3.05) is 18.2 Å². The molecule has 0 saturated carbocycles. The zero-order valence-corrected chi connectivity index (χ0v) is 10.5. The van der Waals surface area contributed by atoms with Crippen molar-refractivity contribution < 1.29 is 14.3 Å². The molecule has 1 heterocycles. The van der Waals surface area contributed by atoms with Crippen LogP contribution in [0, 0.1) is 5.82 Å². The van der Waals surface area contributed by atoms with E-state index >= 15 is 0 Å². The molecule has 1 fully saturated rings. The fourth-order valence-corrected chi connectivity index (χ4v) is 2.68. The summed E-state index contributed by atoms with van der Waals surface area (Å²) in [6.45, 7) is 0.0165. The molecule has 2 atom stereocenters. The van der Waals surface area contributed by atoms with E-state index in [-0.39, 0.29) is 24.1 Å². The Labute approximate surface area is 109 Å². The third-order valence-corrected chi connectivity index (χ3v) is 3.71. The van der Waals surface area contributed by atoms with Gasteiger partial charge in [0, 0.05) is 23.7 Å². The Morgan fingerprint density at radius 3 is 3.06 bits per heavy atom. The van der Waals surface area contributed by atoms with Gasteiger partial charge in [0.15, 0.2) is 0 Å². The first-order valence-electron chi connectivity index (χ1n) is 5.70. The number of rotatable bonds is 4. The van der Waals surface area contributed by atoms with Crippen molar-refractivity contribution in [1.82, 2.24) is 10.6 Å². The van der Waals surface area contributed by atoms with Crippen molar-refractivity contribution in [3.05, 3.63) is 35.6 Å². The molecule has 98 valence electrons. The lowest BCUT2D eigenvalue weighted by Gasteiger charge is -2.15. The van der Waals surface area contributed by atoms with Crippen molar-refractivity contribution in [3.63, 3.8) is 0 Å². The third-order valence-electron chi connectivity index (χ3n) is 2.77. The summed E-state index contributed by atoms with van der Waals surface area (Å²) in [5, 5.41) is 15.5. The molecule has 3 N–H and O–H groups in total. The molecule has 0 bridgehead atoms. The number of hydrogen-bond acceptors (Lipinski definition) is 4. The highest BCUT2D eigenvalue weighted by atomic mass is 32.2. The lowest BCUT2D eigenvalue weighted by atomic mass is 10.1. The predicted molar refractivity (Wildman–Crippen MR) is 68.6 cm³/mol. The van der Waals surface area contributed by atoms with Crippen molar-refractivity contribution in [2.24, 2.45) is 0 Å². The van der Waals surface area contributed by atoms with Gasteiger partial charge in [-0.25, -0.2) is 4.39 Å². The highest BCUT2D eigenvalue weighted by Gasteiger charge is 2.23. The molecule has 0 aromatic heterocycles. The normalized spacial score (nSPS) is 20.7. The maximum atomic E-state index is 13.4. The van der Waals surface area contributed by atoms with E-state index in [2.05, 4.69) is 10.6 Å². The Bertz CT molecular complexity index is 424. The summed E-state index contributed by atoms with van der Waals surface area (Å²) in [5.74, 6) is 0.861. The zero-order valence-electron chi connectivity index (χ0n) is 9.73. The van der Waals surface area contributed by atoms with Crippen LogP contribution in [-0.4, -0.2) is 35.2 Å². The molecule has 0 aliphatic carbocycles. The average Bonchev–Trinajstić information content (AvgIpc) is 2.90. The maximum absolute atomic E-state index is 13.4. The molecular formula is C12H15FN2O2S. The summed E-state index contributed by atoms with van der Waals surface area (Å²) in [5.41, 5.74) is 0.201. The Hall–Kier alpha value is -1.11. The van der Waals surface area contributed by atoms with Gasteiger partial charge in [-0.1, -0.05) is 18.2 Å². The first-order chi connectivity index (χ1) is 8.68. The van der Waals surface area contributed by atoms with Gasteiger partial charge in [-0.05, 0) is 6.07 Å². The van der Waals surface area contributed by atoms with Gasteiger partial charge in [0.25, 0.3) is 0 Å². The zero-order chi connectivity index (χ0) is 13.0. The minimum Gasteiger partial charge on any atom is -0.386 e. The number of aliphatic hydroxyl groups is 1. The van der Waals surface area contributed by atoms with Gasteiger partial charge in [0.1, 0.15) is 5.82 Å². The number of halogens is 1. The summed E-state index contributed by atoms with van der Waals surface area (Å²) in [6.07, 6.45) is -1.02. The standard InChI is InChI=1S/C12H15FN2O2S/c13-9-4-2-1-3-8(9)11(16)5-14-12(17)10-6-18-7-15-10/h1-4,10-11,15-16H,5-7H2,(H,14,17)/t10-,11+/m1/s1. The average molecular weight is 270 g/mol. The molecule has 1 aromatic carbocycles. The summed E-state index contributed by atoms with van der Waals surface area (Å²) >= 11 is 1.65. The Morgan fingerprint density at radius 1 is 1.61 bits per heavy atom. The van der Waals surface area contributed by atoms with Gasteiger partial charge in [-0.15, -0.1) is 11.8 Å². The molecule has 1 saturated heterocycles. The SMILES string of the molecule is O=C(NC[C@H](O)c1ccccc1F)[C@H]1CSCN1. The van der Waals surface area contributed by atoms with E-state index in [0.29, 0.717) is 0 Å². The number of amides is 1. The van der Waals surface area contributed by atoms with Gasteiger partial charge in [-0.3, -0.25) is 10.1 Å². The van der Waals surface area contributed by atoms with Crippen molar-refractivity contribution in [1.29, 1.82) is 0 Å². The van der Waals surface area contributed by atoms with E-state index in [9.17, 15) is 14.3 Å². The summed E-state index contributed by atoms with van der Waals surface area (Å²) < 4.78 is 13.4. The summed E-state index contributed by atoms with van der Waals surface area (Å²) in [4.78, 5) is 11.7. The molecule has 1 aromatic rings. The van der Waals surface area contributed by atoms with Crippen LogP contribution in [0.15, 0.2) is 24.3 Å². The number of benzene rings is 1. The molecule has 0 unspecified atom stereocenters. The molecule has 4 nitrogen and oxygen atoms in total. The maximum Gasteiger partial charge on any atom is 0.238 e. The number of carbonyl (C=O) groups is 1. The highest BCUT2D eigenvalue weighted by molar-refractivity contribution is 7.99. The summed E-state index contributed by atoms with van der Waals surface area (Å²) in [7, 11) is 0. The van der Waals surface area contributed by atoms with Crippen LogP contribution in [0.25, 0.3) is 0 Å². The van der Waals surface area contributed by atoms with E-state index in [1.807, 2.05) is 0 Å². The second-order valence-electron chi connectivity index (χ2n) is 4.05. The quantitative estimate of drug-likeness (QED) is 0.751. The van der Waals surface area contributed by atoms with E-state index in [4.69, 9.17) is 0 Å². The number of aliphatic hydroxyl groups excluding tert-OH is 1. The molecule has 6 heteroatoms. The van der Waals surface area contributed by atoms with Crippen LogP contribution in [0.2, 0.25) is 0 Å². The van der Waals surface area contributed by atoms with E-state index in [0.717, 1.165) is 11.6 Å². The number of nitrogens with one attached hydrogen (secondary N) is 2. The minimum absolute atomic E-state index is 0.0165. The smallest absolute Gasteiger partial charge is 0.238 e. The Morgan fingerprint density at radius 2 is 2.39 bits per heavy atom. The molecule has 1 aliphatic heterocycles. The van der Waals surface area contributed by atoms with Gasteiger partial charge in [0.05, 0.1) is 12.1 Å². The van der Waals surface area contributed by atoms with Gasteiger partial charge in [0.2, 0.25) is 5.91 Å². The van der Waals surface area contributed by atoms with E-state index < -0.39 is 11.9 Å². The van der Waals surface area contributed by atoms with Crippen LogP contribution in [0.5, 0.6) is 0 Å². The number of hydrogen-bond donors (Lipinski definition) is 3. The topological polar surface area (TPSA) is 61.4 Å². The van der Waals surface area contributed by atoms with Crippen molar-refractivity contribution >= 4 is 17.7 Å². The highest BCUT2D eigenvalue weighted by Crippen LogP contribution is 2.16. The fraction of sp³-hybridized carbons (Fsp3) is 0.417. The van der Waals surface area contributed by atoms with Crippen molar-refractivity contribution in [3.8, 4) is 0 Å². The van der Waals surface area contributed by atoms with Crippen LogP contribution in [0.3, 0.4) is 0 Å². The monoisotopic (exact) mass is 270 g/mol. The summed E-state index contributed by atoms with van der Waals surface area (Å²) in [6, 6.07) is 5.79. The molecule has 1 amide bonds. The van der Waals surface area contributed by atoms with Gasteiger partial charge in [-0.2, -0.15) is 0 Å². The van der Waals surface area contributed by atoms with Crippen molar-refractivity contribution in [2.45, 2.75) is 12.1 Å². The lowest BCUT2D eigenvalue weighted by Crippen LogP contribution is -2.43. The molecule has 18 heavy (non-hydrogen) atoms.